The molecule has 4 heteroatoms. The van der Waals surface area contributed by atoms with Gasteiger partial charge in [0, 0.05) is 31.4 Å². The van der Waals surface area contributed by atoms with Gasteiger partial charge in [0.15, 0.2) is 0 Å². The van der Waals surface area contributed by atoms with Crippen molar-refractivity contribution in [2.24, 2.45) is 0 Å². The van der Waals surface area contributed by atoms with Gasteiger partial charge < -0.3 is 10.2 Å². The Kier molecular flexibility index (Phi) is 3.61. The van der Waals surface area contributed by atoms with Crippen LogP contribution in [0.4, 0.5) is 0 Å². The highest BCUT2D eigenvalue weighted by Crippen LogP contribution is 2.08. The number of hydrogen-bond donors (Lipinski definition) is 1. The van der Waals surface area contributed by atoms with Crippen molar-refractivity contribution in [1.82, 2.24) is 20.0 Å². The minimum Gasteiger partial charge on any atom is -0.307 e. The highest BCUT2D eigenvalue weighted by atomic mass is 15.3. The lowest BCUT2D eigenvalue weighted by atomic mass is 10.2. The fourth-order valence-electron chi connectivity index (χ4n) is 2.11. The van der Waals surface area contributed by atoms with E-state index < -0.39 is 0 Å². The SMILES string of the molecule is CC(C)n1ccc(CNC2CCN(C)C2)n1. The van der Waals surface area contributed by atoms with Gasteiger partial charge in [0.25, 0.3) is 0 Å². The molecule has 1 unspecified atom stereocenters. The molecular weight excluding hydrogens is 200 g/mol. The molecule has 4 nitrogen and oxygen atoms in total. The molecule has 0 bridgehead atoms. The molecule has 16 heavy (non-hydrogen) atoms. The van der Waals surface area contributed by atoms with E-state index in [2.05, 4.69) is 48.5 Å². The summed E-state index contributed by atoms with van der Waals surface area (Å²) < 4.78 is 2.01. The van der Waals surface area contributed by atoms with E-state index in [1.165, 1.54) is 13.0 Å². The van der Waals surface area contributed by atoms with Gasteiger partial charge >= 0.3 is 0 Å². The predicted octanol–water partition coefficient (Wildman–Crippen LogP) is 1.26. The number of likely N-dealkylation sites (N-methyl/N-ethyl adjacent to an activating group) is 1. The van der Waals surface area contributed by atoms with Crippen molar-refractivity contribution in [2.75, 3.05) is 20.1 Å². The minimum atomic E-state index is 0.450. The normalized spacial score (nSPS) is 22.1. The molecule has 1 saturated heterocycles. The zero-order valence-electron chi connectivity index (χ0n) is 10.5. The third-order valence-corrected chi connectivity index (χ3v) is 3.16. The number of aromatic nitrogens is 2. The van der Waals surface area contributed by atoms with E-state index in [1.54, 1.807) is 0 Å². The summed E-state index contributed by atoms with van der Waals surface area (Å²) in [6.45, 7) is 7.55. The van der Waals surface area contributed by atoms with Crippen LogP contribution in [0.15, 0.2) is 12.3 Å². The molecule has 1 aliphatic heterocycles. The van der Waals surface area contributed by atoms with Gasteiger partial charge in [-0.05, 0) is 39.9 Å². The molecule has 0 spiro atoms. The predicted molar refractivity (Wildman–Crippen MR) is 65.4 cm³/mol. The molecule has 1 aromatic rings. The molecule has 2 heterocycles. The lowest BCUT2D eigenvalue weighted by molar-refractivity contribution is 0.396. The highest BCUT2D eigenvalue weighted by molar-refractivity contribution is 4.99. The number of nitrogens with zero attached hydrogens (tertiary/aromatic N) is 3. The number of rotatable bonds is 4. The quantitative estimate of drug-likeness (QED) is 0.832. The van der Waals surface area contributed by atoms with E-state index in [0.29, 0.717) is 12.1 Å². The Morgan fingerprint density at radius 2 is 2.38 bits per heavy atom. The maximum absolute atomic E-state index is 4.53. The Hall–Kier alpha value is -0.870. The highest BCUT2D eigenvalue weighted by Gasteiger charge is 2.18. The average molecular weight is 222 g/mol. The van der Waals surface area contributed by atoms with E-state index in [0.717, 1.165) is 18.8 Å². The smallest absolute Gasteiger partial charge is 0.0762 e. The first-order valence-corrected chi connectivity index (χ1v) is 6.11. The second-order valence-electron chi connectivity index (χ2n) is 5.01. The number of nitrogens with one attached hydrogen (secondary N) is 1. The maximum Gasteiger partial charge on any atom is 0.0762 e. The molecule has 1 atom stereocenters. The van der Waals surface area contributed by atoms with Crippen LogP contribution in [0.3, 0.4) is 0 Å². The van der Waals surface area contributed by atoms with Crippen LogP contribution in [0, 0.1) is 0 Å². The first kappa shape index (κ1) is 11.6. The molecule has 90 valence electrons. The summed E-state index contributed by atoms with van der Waals surface area (Å²) in [4.78, 5) is 2.37. The van der Waals surface area contributed by atoms with Gasteiger partial charge in [0.2, 0.25) is 0 Å². The zero-order chi connectivity index (χ0) is 11.5. The largest absolute Gasteiger partial charge is 0.307 e. The van der Waals surface area contributed by atoms with Gasteiger partial charge in [-0.3, -0.25) is 4.68 Å². The van der Waals surface area contributed by atoms with Crippen molar-refractivity contribution in [1.29, 1.82) is 0 Å². The summed E-state index contributed by atoms with van der Waals surface area (Å²) in [5.74, 6) is 0. The summed E-state index contributed by atoms with van der Waals surface area (Å²) in [5.41, 5.74) is 1.14. The van der Waals surface area contributed by atoms with Gasteiger partial charge in [0.05, 0.1) is 5.69 Å². The van der Waals surface area contributed by atoms with E-state index >= 15 is 0 Å². The first-order valence-electron chi connectivity index (χ1n) is 6.11. The summed E-state index contributed by atoms with van der Waals surface area (Å²) in [7, 11) is 2.18. The van der Waals surface area contributed by atoms with Crippen LogP contribution in [0.5, 0.6) is 0 Å². The topological polar surface area (TPSA) is 33.1 Å². The molecule has 0 saturated carbocycles. The van der Waals surface area contributed by atoms with Crippen LogP contribution >= 0.6 is 0 Å². The Balaban J connectivity index is 1.80. The van der Waals surface area contributed by atoms with Gasteiger partial charge in [-0.15, -0.1) is 0 Å². The van der Waals surface area contributed by atoms with Crippen molar-refractivity contribution < 1.29 is 0 Å². The Morgan fingerprint density at radius 3 is 2.94 bits per heavy atom. The minimum absolute atomic E-state index is 0.450. The van der Waals surface area contributed by atoms with Crippen molar-refractivity contribution in [3.05, 3.63) is 18.0 Å². The second kappa shape index (κ2) is 4.97. The van der Waals surface area contributed by atoms with Crippen molar-refractivity contribution in [3.8, 4) is 0 Å². The molecule has 1 aromatic heterocycles. The molecule has 1 N–H and O–H groups in total. The molecule has 1 aliphatic rings. The van der Waals surface area contributed by atoms with Crippen LogP contribution in [-0.4, -0.2) is 40.9 Å². The second-order valence-corrected chi connectivity index (χ2v) is 5.01. The number of likely N-dealkylation sites (tertiary alicyclic amines) is 1. The molecule has 0 amide bonds. The van der Waals surface area contributed by atoms with Gasteiger partial charge in [0.1, 0.15) is 0 Å². The number of hydrogen-bond acceptors (Lipinski definition) is 3. The van der Waals surface area contributed by atoms with Crippen molar-refractivity contribution in [2.45, 2.75) is 38.9 Å². The summed E-state index contributed by atoms with van der Waals surface area (Å²) in [6, 6.07) is 3.19. The third kappa shape index (κ3) is 2.83. The Morgan fingerprint density at radius 1 is 1.56 bits per heavy atom. The molecule has 2 rings (SSSR count). The molecular formula is C12H22N4. The molecule has 0 aromatic carbocycles. The third-order valence-electron chi connectivity index (χ3n) is 3.16. The van der Waals surface area contributed by atoms with E-state index in [1.807, 2.05) is 4.68 Å². The summed E-state index contributed by atoms with van der Waals surface area (Å²) >= 11 is 0. The van der Waals surface area contributed by atoms with Crippen molar-refractivity contribution >= 4 is 0 Å². The zero-order valence-corrected chi connectivity index (χ0v) is 10.5. The van der Waals surface area contributed by atoms with Crippen molar-refractivity contribution in [3.63, 3.8) is 0 Å². The van der Waals surface area contributed by atoms with Gasteiger partial charge in [-0.1, -0.05) is 0 Å². The molecule has 0 aliphatic carbocycles. The Labute approximate surface area is 97.6 Å². The fourth-order valence-corrected chi connectivity index (χ4v) is 2.11. The van der Waals surface area contributed by atoms with E-state index in [4.69, 9.17) is 0 Å². The van der Waals surface area contributed by atoms with Crippen LogP contribution in [0.1, 0.15) is 32.0 Å². The standard InChI is InChI=1S/C12H22N4/c1-10(2)16-7-5-11(14-16)8-13-12-4-6-15(3)9-12/h5,7,10,12-13H,4,6,8-9H2,1-3H3. The van der Waals surface area contributed by atoms with Gasteiger partial charge in [-0.2, -0.15) is 5.10 Å². The summed E-state index contributed by atoms with van der Waals surface area (Å²) in [6.07, 6.45) is 3.31. The van der Waals surface area contributed by atoms with Crippen LogP contribution in [-0.2, 0) is 6.54 Å². The monoisotopic (exact) mass is 222 g/mol. The average Bonchev–Trinajstić information content (AvgIpc) is 2.83. The van der Waals surface area contributed by atoms with E-state index in [-0.39, 0.29) is 0 Å². The molecule has 1 fully saturated rings. The van der Waals surface area contributed by atoms with Gasteiger partial charge in [-0.25, -0.2) is 0 Å². The lowest BCUT2D eigenvalue weighted by Crippen LogP contribution is -2.31. The lowest BCUT2D eigenvalue weighted by Gasteiger charge is -2.11. The fraction of sp³-hybridized carbons (Fsp3) is 0.750. The maximum atomic E-state index is 4.53. The molecule has 0 radical (unpaired) electrons. The van der Waals surface area contributed by atoms with Crippen LogP contribution in [0.25, 0.3) is 0 Å². The summed E-state index contributed by atoms with van der Waals surface area (Å²) in [5, 5.41) is 8.09. The van der Waals surface area contributed by atoms with Crippen LogP contribution < -0.4 is 5.32 Å². The first-order chi connectivity index (χ1) is 7.65. The van der Waals surface area contributed by atoms with Crippen LogP contribution in [0.2, 0.25) is 0 Å². The van der Waals surface area contributed by atoms with E-state index in [9.17, 15) is 0 Å². The Bertz CT molecular complexity index is 332.